The molecule has 1 aromatic heterocycles. The number of carbonyl (C=O) groups is 2. The first-order chi connectivity index (χ1) is 15.3. The van der Waals surface area contributed by atoms with Crippen molar-refractivity contribution >= 4 is 22.7 Å². The van der Waals surface area contributed by atoms with Gasteiger partial charge in [0.05, 0.1) is 11.1 Å². The van der Waals surface area contributed by atoms with Crippen LogP contribution in [-0.4, -0.2) is 34.4 Å². The van der Waals surface area contributed by atoms with Crippen molar-refractivity contribution < 1.29 is 14.0 Å². The first-order valence-corrected chi connectivity index (χ1v) is 10.8. The summed E-state index contributed by atoms with van der Waals surface area (Å²) in [5.41, 5.74) is 2.17. The van der Waals surface area contributed by atoms with Crippen molar-refractivity contribution in [3.63, 3.8) is 0 Å². The molecule has 0 bridgehead atoms. The van der Waals surface area contributed by atoms with Gasteiger partial charge in [-0.1, -0.05) is 30.3 Å². The summed E-state index contributed by atoms with van der Waals surface area (Å²) in [6.07, 6.45) is 1.09. The largest absolute Gasteiger partial charge is 0.352 e. The molecule has 1 aliphatic heterocycles. The number of piperidine rings is 1. The topological polar surface area (TPSA) is 71.4 Å². The maximum atomic E-state index is 13.7. The Kier molecular flexibility index (Phi) is 6.08. The van der Waals surface area contributed by atoms with Gasteiger partial charge in [0.25, 0.3) is 11.5 Å². The predicted molar refractivity (Wildman–Crippen MR) is 121 cm³/mol. The lowest BCUT2D eigenvalue weighted by molar-refractivity contribution is -0.126. The average Bonchev–Trinajstić information content (AvgIpc) is 2.81. The second-order valence-corrected chi connectivity index (χ2v) is 8.34. The zero-order valence-corrected chi connectivity index (χ0v) is 18.2. The molecule has 32 heavy (non-hydrogen) atoms. The maximum absolute atomic E-state index is 13.7. The highest BCUT2D eigenvalue weighted by Gasteiger charge is 2.28. The Morgan fingerprint density at radius 3 is 2.53 bits per heavy atom. The minimum absolute atomic E-state index is 0.0860. The molecule has 3 aromatic rings. The van der Waals surface area contributed by atoms with Crippen LogP contribution in [0, 0.1) is 18.7 Å². The van der Waals surface area contributed by atoms with Crippen LogP contribution in [0.4, 0.5) is 4.39 Å². The van der Waals surface area contributed by atoms with Crippen LogP contribution in [0.3, 0.4) is 0 Å². The quantitative estimate of drug-likeness (QED) is 0.684. The third-order valence-corrected chi connectivity index (χ3v) is 6.24. The van der Waals surface area contributed by atoms with Crippen LogP contribution in [0.2, 0.25) is 0 Å². The zero-order valence-electron chi connectivity index (χ0n) is 18.2. The fraction of sp³-hybridized carbons (Fsp3) is 0.320. The minimum Gasteiger partial charge on any atom is -0.352 e. The van der Waals surface area contributed by atoms with Gasteiger partial charge in [-0.3, -0.25) is 14.4 Å². The van der Waals surface area contributed by atoms with Gasteiger partial charge in [0.2, 0.25) is 5.91 Å². The van der Waals surface area contributed by atoms with Gasteiger partial charge in [-0.25, -0.2) is 4.39 Å². The number of amides is 2. The van der Waals surface area contributed by atoms with Crippen LogP contribution in [0.5, 0.6) is 0 Å². The van der Waals surface area contributed by atoms with Crippen LogP contribution in [0.25, 0.3) is 10.9 Å². The molecule has 0 spiro atoms. The SMILES string of the molecule is Cc1ccc(CNC(=O)C2CCN(C(=O)c3cc(=O)n(C)c4ccccc34)CC2)cc1F. The van der Waals surface area contributed by atoms with E-state index in [-0.39, 0.29) is 35.7 Å². The van der Waals surface area contributed by atoms with Gasteiger partial charge in [0, 0.05) is 44.1 Å². The fourth-order valence-corrected chi connectivity index (χ4v) is 4.18. The summed E-state index contributed by atoms with van der Waals surface area (Å²) in [5, 5.41) is 3.62. The first-order valence-electron chi connectivity index (χ1n) is 10.8. The number of aromatic nitrogens is 1. The lowest BCUT2D eigenvalue weighted by Crippen LogP contribution is -2.43. The number of carbonyl (C=O) groups excluding carboxylic acids is 2. The smallest absolute Gasteiger partial charge is 0.254 e. The number of fused-ring (bicyclic) bond motifs is 1. The lowest BCUT2D eigenvalue weighted by Gasteiger charge is -2.31. The highest BCUT2D eigenvalue weighted by Crippen LogP contribution is 2.23. The Hall–Kier alpha value is -3.48. The fourth-order valence-electron chi connectivity index (χ4n) is 4.18. The zero-order chi connectivity index (χ0) is 22.8. The monoisotopic (exact) mass is 435 g/mol. The van der Waals surface area contributed by atoms with E-state index in [0.717, 1.165) is 5.39 Å². The molecule has 4 rings (SSSR count). The van der Waals surface area contributed by atoms with Crippen molar-refractivity contribution in [2.24, 2.45) is 13.0 Å². The Bertz CT molecular complexity index is 1240. The Morgan fingerprint density at radius 2 is 1.81 bits per heavy atom. The summed E-state index contributed by atoms with van der Waals surface area (Å²) >= 11 is 0. The third-order valence-electron chi connectivity index (χ3n) is 6.24. The number of nitrogens with one attached hydrogen (secondary N) is 1. The summed E-state index contributed by atoms with van der Waals surface area (Å²) in [6.45, 7) is 2.86. The van der Waals surface area contributed by atoms with Gasteiger partial charge in [-0.05, 0) is 43.0 Å². The van der Waals surface area contributed by atoms with Gasteiger partial charge < -0.3 is 14.8 Å². The number of benzene rings is 2. The standard InChI is InChI=1S/C25H26FN3O3/c1-16-7-8-17(13-21(16)26)15-27-24(31)18-9-11-29(12-10-18)25(32)20-14-23(30)28(2)22-6-4-3-5-19(20)22/h3-8,13-14,18H,9-12,15H2,1-2H3,(H,27,31). The normalized spacial score (nSPS) is 14.5. The summed E-state index contributed by atoms with van der Waals surface area (Å²) in [7, 11) is 1.69. The predicted octanol–water partition coefficient (Wildman–Crippen LogP) is 3.15. The van der Waals surface area contributed by atoms with Gasteiger partial charge in [-0.15, -0.1) is 0 Å². The average molecular weight is 435 g/mol. The van der Waals surface area contributed by atoms with Gasteiger partial charge in [-0.2, -0.15) is 0 Å². The lowest BCUT2D eigenvalue weighted by atomic mass is 9.95. The molecule has 0 atom stereocenters. The maximum Gasteiger partial charge on any atom is 0.254 e. The highest BCUT2D eigenvalue weighted by molar-refractivity contribution is 6.06. The number of halogens is 1. The van der Waals surface area contributed by atoms with Crippen LogP contribution >= 0.6 is 0 Å². The van der Waals surface area contributed by atoms with Crippen molar-refractivity contribution in [3.8, 4) is 0 Å². The van der Waals surface area contributed by atoms with E-state index in [4.69, 9.17) is 0 Å². The van der Waals surface area contributed by atoms with Crippen molar-refractivity contribution in [1.29, 1.82) is 0 Å². The molecule has 2 heterocycles. The van der Waals surface area contributed by atoms with Crippen LogP contribution in [0.1, 0.15) is 34.3 Å². The number of para-hydroxylation sites is 1. The summed E-state index contributed by atoms with van der Waals surface area (Å²) in [6, 6.07) is 13.7. The molecular weight excluding hydrogens is 409 g/mol. The molecule has 7 heteroatoms. The second kappa shape index (κ2) is 8.94. The van der Waals surface area contributed by atoms with Gasteiger partial charge in [0.15, 0.2) is 0 Å². The van der Waals surface area contributed by atoms with E-state index in [9.17, 15) is 18.8 Å². The van der Waals surface area contributed by atoms with Crippen LogP contribution in [-0.2, 0) is 18.4 Å². The van der Waals surface area contributed by atoms with E-state index in [1.807, 2.05) is 24.3 Å². The number of likely N-dealkylation sites (tertiary alicyclic amines) is 1. The molecule has 2 amide bonds. The molecule has 1 fully saturated rings. The Labute approximate surface area is 185 Å². The van der Waals surface area contributed by atoms with E-state index in [0.29, 0.717) is 48.1 Å². The molecule has 6 nitrogen and oxygen atoms in total. The number of hydrogen-bond acceptors (Lipinski definition) is 3. The number of aryl methyl sites for hydroxylation is 2. The number of hydrogen-bond donors (Lipinski definition) is 1. The number of rotatable bonds is 4. The number of nitrogens with zero attached hydrogens (tertiary/aromatic N) is 2. The van der Waals surface area contributed by atoms with Gasteiger partial charge >= 0.3 is 0 Å². The van der Waals surface area contributed by atoms with Gasteiger partial charge in [0.1, 0.15) is 5.82 Å². The Morgan fingerprint density at radius 1 is 1.09 bits per heavy atom. The van der Waals surface area contributed by atoms with Crippen molar-refractivity contribution in [2.45, 2.75) is 26.3 Å². The van der Waals surface area contributed by atoms with E-state index < -0.39 is 0 Å². The molecule has 0 aliphatic carbocycles. The molecule has 0 saturated carbocycles. The second-order valence-electron chi connectivity index (χ2n) is 8.34. The van der Waals surface area contributed by atoms with E-state index in [1.54, 1.807) is 31.0 Å². The molecular formula is C25H26FN3O3. The van der Waals surface area contributed by atoms with E-state index in [2.05, 4.69) is 5.32 Å². The van der Waals surface area contributed by atoms with Crippen molar-refractivity contribution in [1.82, 2.24) is 14.8 Å². The highest BCUT2D eigenvalue weighted by atomic mass is 19.1. The number of pyridine rings is 1. The third kappa shape index (κ3) is 4.28. The summed E-state index contributed by atoms with van der Waals surface area (Å²) in [5.74, 6) is -0.758. The van der Waals surface area contributed by atoms with Crippen molar-refractivity contribution in [2.75, 3.05) is 13.1 Å². The molecule has 1 saturated heterocycles. The summed E-state index contributed by atoms with van der Waals surface area (Å²) < 4.78 is 15.2. The van der Waals surface area contributed by atoms with Crippen molar-refractivity contribution in [3.05, 3.63) is 81.4 Å². The first kappa shape index (κ1) is 21.7. The molecule has 2 aromatic carbocycles. The molecule has 166 valence electrons. The summed E-state index contributed by atoms with van der Waals surface area (Å²) in [4.78, 5) is 39.8. The van der Waals surface area contributed by atoms with E-state index >= 15 is 0 Å². The Balaban J connectivity index is 1.39. The molecule has 1 aliphatic rings. The van der Waals surface area contributed by atoms with Crippen LogP contribution < -0.4 is 10.9 Å². The molecule has 0 radical (unpaired) electrons. The minimum atomic E-state index is -0.285. The van der Waals surface area contributed by atoms with Crippen LogP contribution in [0.15, 0.2) is 53.3 Å². The molecule has 1 N–H and O–H groups in total. The van der Waals surface area contributed by atoms with E-state index in [1.165, 1.54) is 16.7 Å². The molecule has 0 unspecified atom stereocenters.